The fourth-order valence-electron chi connectivity index (χ4n) is 2.82. The van der Waals surface area contributed by atoms with Crippen molar-refractivity contribution in [2.75, 3.05) is 29.9 Å². The molecule has 2 aromatic rings. The Balaban J connectivity index is 1.66. The molecule has 29 heavy (non-hydrogen) atoms. The van der Waals surface area contributed by atoms with Crippen LogP contribution in [0.3, 0.4) is 0 Å². The summed E-state index contributed by atoms with van der Waals surface area (Å²) in [5.41, 5.74) is -1.71. The number of anilines is 2. The average Bonchev–Trinajstić information content (AvgIpc) is 2.98. The van der Waals surface area contributed by atoms with Crippen molar-refractivity contribution in [3.05, 3.63) is 59.4 Å². The number of amides is 3. The van der Waals surface area contributed by atoms with E-state index >= 15 is 0 Å². The van der Waals surface area contributed by atoms with Crippen LogP contribution < -0.4 is 10.2 Å². The van der Waals surface area contributed by atoms with Crippen molar-refractivity contribution < 1.29 is 35.9 Å². The molecule has 1 aliphatic heterocycles. The summed E-state index contributed by atoms with van der Waals surface area (Å²) in [5.74, 6) is -4.49. The number of urea groups is 1. The molecule has 11 heteroatoms. The molecule has 0 aliphatic carbocycles. The number of hydrogen-bond acceptors (Lipinski definition) is 2. The Kier molecular flexibility index (Phi) is 5.40. The largest absolute Gasteiger partial charge is 0.419 e. The van der Waals surface area contributed by atoms with Crippen molar-refractivity contribution in [1.29, 1.82) is 0 Å². The van der Waals surface area contributed by atoms with Crippen LogP contribution in [0.1, 0.15) is 5.56 Å². The molecule has 1 saturated heterocycles. The van der Waals surface area contributed by atoms with Gasteiger partial charge in [0, 0.05) is 30.5 Å². The first-order valence-corrected chi connectivity index (χ1v) is 8.24. The van der Waals surface area contributed by atoms with Gasteiger partial charge in [-0.1, -0.05) is 0 Å². The minimum absolute atomic E-state index is 0.0858. The highest BCUT2D eigenvalue weighted by Crippen LogP contribution is 2.33. The number of carbonyl (C=O) groups excluding carboxylic acids is 2. The maximum atomic E-state index is 13.4. The number of nitrogens with one attached hydrogen (secondary N) is 1. The second kappa shape index (κ2) is 7.64. The third kappa shape index (κ3) is 4.44. The van der Waals surface area contributed by atoms with Gasteiger partial charge in [-0.25, -0.2) is 18.0 Å². The van der Waals surface area contributed by atoms with E-state index in [0.717, 1.165) is 28.0 Å². The monoisotopic (exact) mass is 417 g/mol. The number of benzene rings is 2. The van der Waals surface area contributed by atoms with E-state index in [1.807, 2.05) is 0 Å². The highest BCUT2D eigenvalue weighted by atomic mass is 19.4. The molecule has 0 spiro atoms. The van der Waals surface area contributed by atoms with Crippen LogP contribution in [-0.2, 0) is 11.0 Å². The van der Waals surface area contributed by atoms with Gasteiger partial charge in [0.15, 0.2) is 11.6 Å². The first-order valence-electron chi connectivity index (χ1n) is 8.24. The van der Waals surface area contributed by atoms with E-state index in [0.29, 0.717) is 12.1 Å². The van der Waals surface area contributed by atoms with E-state index in [1.54, 1.807) is 0 Å². The lowest BCUT2D eigenvalue weighted by atomic mass is 10.2. The van der Waals surface area contributed by atoms with Gasteiger partial charge in [-0.3, -0.25) is 9.69 Å². The number of alkyl halides is 3. The van der Waals surface area contributed by atoms with Gasteiger partial charge in [-0.05, 0) is 30.3 Å². The van der Waals surface area contributed by atoms with Gasteiger partial charge in [0.2, 0.25) is 5.91 Å². The minimum Gasteiger partial charge on any atom is -0.325 e. The van der Waals surface area contributed by atoms with Crippen LogP contribution in [0.5, 0.6) is 0 Å². The quantitative estimate of drug-likeness (QED) is 0.765. The summed E-state index contributed by atoms with van der Waals surface area (Å²) >= 11 is 0. The first-order chi connectivity index (χ1) is 13.6. The third-order valence-corrected chi connectivity index (χ3v) is 4.20. The van der Waals surface area contributed by atoms with Crippen LogP contribution in [0.15, 0.2) is 36.4 Å². The minimum atomic E-state index is -4.93. The molecule has 0 bridgehead atoms. The summed E-state index contributed by atoms with van der Waals surface area (Å²) in [6.07, 6.45) is -4.93. The van der Waals surface area contributed by atoms with E-state index in [-0.39, 0.29) is 24.5 Å². The highest BCUT2D eigenvalue weighted by molar-refractivity contribution is 5.99. The Hall–Kier alpha value is -3.24. The second-order valence-corrected chi connectivity index (χ2v) is 6.19. The maximum absolute atomic E-state index is 13.4. The summed E-state index contributed by atoms with van der Waals surface area (Å²) in [4.78, 5) is 26.7. The molecule has 1 N–H and O–H groups in total. The number of carbonyl (C=O) groups is 2. The molecule has 2 aromatic carbocycles. The van der Waals surface area contributed by atoms with Gasteiger partial charge >= 0.3 is 12.2 Å². The molecule has 154 valence electrons. The van der Waals surface area contributed by atoms with Gasteiger partial charge in [0.1, 0.15) is 12.4 Å². The van der Waals surface area contributed by atoms with Crippen LogP contribution in [0, 0.1) is 17.5 Å². The van der Waals surface area contributed by atoms with E-state index in [2.05, 4.69) is 5.32 Å². The molecular weight excluding hydrogens is 404 g/mol. The fraction of sp³-hybridized carbons (Fsp3) is 0.222. The lowest BCUT2D eigenvalue weighted by Gasteiger charge is -2.19. The van der Waals surface area contributed by atoms with Gasteiger partial charge in [-0.15, -0.1) is 0 Å². The molecular formula is C18H13F6N3O2. The predicted octanol–water partition coefficient (Wildman–Crippen LogP) is 4.00. The Labute approximate surface area is 160 Å². The summed E-state index contributed by atoms with van der Waals surface area (Å²) < 4.78 is 77.9. The predicted molar refractivity (Wildman–Crippen MR) is 90.7 cm³/mol. The molecule has 0 aromatic heterocycles. The molecule has 0 atom stereocenters. The van der Waals surface area contributed by atoms with Crippen molar-refractivity contribution >= 4 is 23.3 Å². The first kappa shape index (κ1) is 20.5. The normalized spacial score (nSPS) is 14.5. The van der Waals surface area contributed by atoms with Crippen LogP contribution in [0.25, 0.3) is 0 Å². The van der Waals surface area contributed by atoms with Crippen LogP contribution in [0.2, 0.25) is 0 Å². The van der Waals surface area contributed by atoms with Crippen LogP contribution in [0.4, 0.5) is 42.5 Å². The standard InChI is InChI=1S/C18H13F6N3O2/c19-13-3-1-10(7-12(13)18(22,23)24)25-16(28)9-26-5-6-27(17(26)29)11-2-4-14(20)15(21)8-11/h1-4,7-8H,5-6,9H2,(H,25,28). The van der Waals surface area contributed by atoms with Gasteiger partial charge < -0.3 is 10.2 Å². The molecule has 3 amide bonds. The molecule has 0 radical (unpaired) electrons. The van der Waals surface area contributed by atoms with Gasteiger partial charge in [-0.2, -0.15) is 13.2 Å². The van der Waals surface area contributed by atoms with Gasteiger partial charge in [0.05, 0.1) is 5.56 Å². The summed E-state index contributed by atoms with van der Waals surface area (Å²) in [6.45, 7) is -0.299. The number of hydrogen-bond donors (Lipinski definition) is 1. The lowest BCUT2D eigenvalue weighted by Crippen LogP contribution is -2.37. The number of nitrogens with zero attached hydrogens (tertiary/aromatic N) is 2. The highest BCUT2D eigenvalue weighted by Gasteiger charge is 2.35. The Morgan fingerprint density at radius 1 is 0.966 bits per heavy atom. The zero-order chi connectivity index (χ0) is 21.3. The average molecular weight is 417 g/mol. The van der Waals surface area contributed by atoms with E-state index in [4.69, 9.17) is 0 Å². The van der Waals surface area contributed by atoms with Gasteiger partial charge in [0.25, 0.3) is 0 Å². The van der Waals surface area contributed by atoms with Crippen molar-refractivity contribution in [2.24, 2.45) is 0 Å². The molecule has 1 heterocycles. The zero-order valence-corrected chi connectivity index (χ0v) is 14.6. The number of halogens is 6. The fourth-order valence-corrected chi connectivity index (χ4v) is 2.82. The second-order valence-electron chi connectivity index (χ2n) is 6.19. The maximum Gasteiger partial charge on any atom is 0.419 e. The van der Waals surface area contributed by atoms with Crippen LogP contribution in [-0.4, -0.2) is 36.5 Å². The zero-order valence-electron chi connectivity index (χ0n) is 14.6. The van der Waals surface area contributed by atoms with E-state index < -0.39 is 47.7 Å². The molecule has 5 nitrogen and oxygen atoms in total. The smallest absolute Gasteiger partial charge is 0.325 e. The van der Waals surface area contributed by atoms with Crippen molar-refractivity contribution in [3.63, 3.8) is 0 Å². The molecule has 1 fully saturated rings. The topological polar surface area (TPSA) is 52.7 Å². The summed E-state index contributed by atoms with van der Waals surface area (Å²) in [6, 6.07) is 4.24. The molecule has 1 aliphatic rings. The van der Waals surface area contributed by atoms with Crippen molar-refractivity contribution in [2.45, 2.75) is 6.18 Å². The Morgan fingerprint density at radius 2 is 1.66 bits per heavy atom. The SMILES string of the molecule is O=C(CN1CCN(c2ccc(F)c(F)c2)C1=O)Nc1ccc(F)c(C(F)(F)F)c1. The van der Waals surface area contributed by atoms with E-state index in [1.165, 1.54) is 6.07 Å². The third-order valence-electron chi connectivity index (χ3n) is 4.20. The summed E-state index contributed by atoms with van der Waals surface area (Å²) in [5, 5.41) is 2.17. The Bertz CT molecular complexity index is 963. The summed E-state index contributed by atoms with van der Waals surface area (Å²) in [7, 11) is 0. The number of rotatable bonds is 4. The van der Waals surface area contributed by atoms with Crippen LogP contribution >= 0.6 is 0 Å². The lowest BCUT2D eigenvalue weighted by molar-refractivity contribution is -0.140. The van der Waals surface area contributed by atoms with Crippen molar-refractivity contribution in [1.82, 2.24) is 4.90 Å². The Morgan fingerprint density at radius 3 is 2.31 bits per heavy atom. The molecule has 3 rings (SSSR count). The van der Waals surface area contributed by atoms with Crippen molar-refractivity contribution in [3.8, 4) is 0 Å². The molecule has 0 unspecified atom stereocenters. The van der Waals surface area contributed by atoms with E-state index in [9.17, 15) is 35.9 Å². The molecule has 0 saturated carbocycles.